The van der Waals surface area contributed by atoms with E-state index in [0.717, 1.165) is 40.5 Å². The lowest BCUT2D eigenvalue weighted by Crippen LogP contribution is -2.20. The summed E-state index contributed by atoms with van der Waals surface area (Å²) >= 11 is 1.38. The van der Waals surface area contributed by atoms with E-state index in [-0.39, 0.29) is 12.2 Å². The van der Waals surface area contributed by atoms with Crippen LogP contribution in [-0.4, -0.2) is 15.7 Å². The molecule has 1 amide bonds. The molecule has 0 aliphatic heterocycles. The van der Waals surface area contributed by atoms with E-state index in [4.69, 9.17) is 0 Å². The first kappa shape index (κ1) is 18.5. The third kappa shape index (κ3) is 3.60. The number of aromatic nitrogens is 2. The molecule has 1 atom stereocenters. The van der Waals surface area contributed by atoms with Gasteiger partial charge in [-0.25, -0.2) is 0 Å². The molecule has 0 saturated carbocycles. The number of fused-ring (bicyclic) bond motifs is 1. The molecule has 3 rings (SSSR count). The fourth-order valence-electron chi connectivity index (χ4n) is 3.07. The van der Waals surface area contributed by atoms with Crippen molar-refractivity contribution in [3.05, 3.63) is 33.5 Å². The monoisotopic (exact) mass is 382 g/mol. The van der Waals surface area contributed by atoms with Crippen molar-refractivity contribution in [3.8, 4) is 6.07 Å². The molecule has 9 heteroatoms. The zero-order chi connectivity index (χ0) is 19.1. The standard InChI is InChI=1S/C17H17F3N4OS/c1-9-3-4-11-12(7-21)16(26-13(11)5-9)22-15(25)8-24-10(2)6-14(23-24)17(18,19)20/h6,9H,3-5,8H2,1-2H3,(H,22,25)/t9-/m0/s1. The lowest BCUT2D eigenvalue weighted by Gasteiger charge is -2.17. The molecule has 2 aromatic rings. The molecule has 0 aromatic carbocycles. The molecule has 0 bridgehead atoms. The number of rotatable bonds is 3. The predicted octanol–water partition coefficient (Wildman–Crippen LogP) is 3.91. The van der Waals surface area contributed by atoms with Gasteiger partial charge in [-0.2, -0.15) is 23.5 Å². The van der Waals surface area contributed by atoms with Crippen molar-refractivity contribution in [1.82, 2.24) is 9.78 Å². The molecule has 0 radical (unpaired) electrons. The van der Waals surface area contributed by atoms with Gasteiger partial charge in [0.1, 0.15) is 17.6 Å². The fourth-order valence-corrected chi connectivity index (χ4v) is 4.45. The Bertz CT molecular complexity index is 891. The third-order valence-electron chi connectivity index (χ3n) is 4.44. The zero-order valence-corrected chi connectivity index (χ0v) is 15.1. The average Bonchev–Trinajstić information content (AvgIpc) is 3.06. The first-order valence-corrected chi connectivity index (χ1v) is 8.96. The number of thiophene rings is 1. The Morgan fingerprint density at radius 3 is 2.88 bits per heavy atom. The quantitative estimate of drug-likeness (QED) is 0.875. The minimum atomic E-state index is -4.55. The van der Waals surface area contributed by atoms with Crippen molar-refractivity contribution >= 4 is 22.2 Å². The Morgan fingerprint density at radius 2 is 2.27 bits per heavy atom. The molecular formula is C17H17F3N4OS. The number of nitrogens with one attached hydrogen (secondary N) is 1. The Kier molecular flexibility index (Phi) is 4.80. The normalized spacial score (nSPS) is 16.8. The second-order valence-corrected chi connectivity index (χ2v) is 7.65. The van der Waals surface area contributed by atoms with E-state index in [1.54, 1.807) is 0 Å². The topological polar surface area (TPSA) is 70.7 Å². The van der Waals surface area contributed by atoms with Gasteiger partial charge in [0.15, 0.2) is 5.69 Å². The van der Waals surface area contributed by atoms with Gasteiger partial charge < -0.3 is 5.32 Å². The van der Waals surface area contributed by atoms with Crippen molar-refractivity contribution in [2.24, 2.45) is 5.92 Å². The largest absolute Gasteiger partial charge is 0.435 e. The smallest absolute Gasteiger partial charge is 0.315 e. The van der Waals surface area contributed by atoms with Crippen LogP contribution in [0.25, 0.3) is 0 Å². The van der Waals surface area contributed by atoms with Crippen LogP contribution in [0.2, 0.25) is 0 Å². The number of aryl methyl sites for hydroxylation is 1. The summed E-state index contributed by atoms with van der Waals surface area (Å²) in [6.45, 7) is 3.26. The molecule has 0 spiro atoms. The first-order chi connectivity index (χ1) is 12.2. The van der Waals surface area contributed by atoms with Crippen LogP contribution in [0.3, 0.4) is 0 Å². The Morgan fingerprint density at radius 1 is 1.54 bits per heavy atom. The molecule has 1 aliphatic carbocycles. The molecule has 2 heterocycles. The number of anilines is 1. The summed E-state index contributed by atoms with van der Waals surface area (Å²) in [4.78, 5) is 13.4. The second kappa shape index (κ2) is 6.76. The molecule has 1 N–H and O–H groups in total. The zero-order valence-electron chi connectivity index (χ0n) is 14.3. The number of nitrogens with zero attached hydrogens (tertiary/aromatic N) is 3. The highest BCUT2D eigenvalue weighted by molar-refractivity contribution is 7.16. The van der Waals surface area contributed by atoms with E-state index in [9.17, 15) is 23.2 Å². The van der Waals surface area contributed by atoms with Gasteiger partial charge in [0.25, 0.3) is 0 Å². The van der Waals surface area contributed by atoms with Gasteiger partial charge in [-0.05, 0) is 43.7 Å². The van der Waals surface area contributed by atoms with Crippen LogP contribution in [0.15, 0.2) is 6.07 Å². The number of halogens is 3. The molecule has 1 aliphatic rings. The van der Waals surface area contributed by atoms with Crippen LogP contribution in [0.5, 0.6) is 0 Å². The summed E-state index contributed by atoms with van der Waals surface area (Å²) < 4.78 is 39.2. The highest BCUT2D eigenvalue weighted by Crippen LogP contribution is 2.39. The van der Waals surface area contributed by atoms with Crippen molar-refractivity contribution < 1.29 is 18.0 Å². The maximum atomic E-state index is 12.7. The minimum absolute atomic E-state index is 0.243. The van der Waals surface area contributed by atoms with Gasteiger partial charge >= 0.3 is 6.18 Å². The SMILES string of the molecule is Cc1cc(C(F)(F)F)nn1CC(=O)Nc1sc2c(c1C#N)CC[C@H](C)C2. The number of carbonyl (C=O) groups is 1. The van der Waals surface area contributed by atoms with Gasteiger partial charge in [0.05, 0.1) is 5.56 Å². The van der Waals surface area contributed by atoms with Crippen molar-refractivity contribution in [1.29, 1.82) is 5.26 Å². The second-order valence-electron chi connectivity index (χ2n) is 6.54. The summed E-state index contributed by atoms with van der Waals surface area (Å²) in [6.07, 6.45) is -1.88. The summed E-state index contributed by atoms with van der Waals surface area (Å²) in [6, 6.07) is 3.05. The van der Waals surface area contributed by atoms with Gasteiger partial charge in [-0.15, -0.1) is 11.3 Å². The number of nitriles is 1. The van der Waals surface area contributed by atoms with E-state index < -0.39 is 17.8 Å². The van der Waals surface area contributed by atoms with Crippen molar-refractivity contribution in [2.45, 2.75) is 45.8 Å². The lowest BCUT2D eigenvalue weighted by molar-refractivity contribution is -0.141. The van der Waals surface area contributed by atoms with Gasteiger partial charge in [-0.3, -0.25) is 9.48 Å². The van der Waals surface area contributed by atoms with Crippen LogP contribution in [0.4, 0.5) is 18.2 Å². The molecule has 26 heavy (non-hydrogen) atoms. The molecule has 0 fully saturated rings. The fraction of sp³-hybridized carbons (Fsp3) is 0.471. The summed E-state index contributed by atoms with van der Waals surface area (Å²) in [5.41, 5.74) is 0.673. The van der Waals surface area contributed by atoms with Crippen molar-refractivity contribution in [3.63, 3.8) is 0 Å². The van der Waals surface area contributed by atoms with Crippen molar-refractivity contribution in [2.75, 3.05) is 5.32 Å². The number of amides is 1. The van der Waals surface area contributed by atoms with Crippen LogP contribution >= 0.6 is 11.3 Å². The minimum Gasteiger partial charge on any atom is -0.315 e. The van der Waals surface area contributed by atoms with Crippen LogP contribution in [0.1, 0.15) is 40.7 Å². The highest BCUT2D eigenvalue weighted by atomic mass is 32.1. The molecule has 138 valence electrons. The van der Waals surface area contributed by atoms with E-state index in [1.807, 2.05) is 0 Å². The summed E-state index contributed by atoms with van der Waals surface area (Å²) in [5, 5.41) is 16.0. The van der Waals surface area contributed by atoms with E-state index in [2.05, 4.69) is 23.4 Å². The maximum Gasteiger partial charge on any atom is 0.435 e. The number of carbonyl (C=O) groups excluding carboxylic acids is 1. The van der Waals surface area contributed by atoms with Gasteiger partial charge in [0, 0.05) is 10.6 Å². The third-order valence-corrected chi connectivity index (χ3v) is 5.61. The summed E-state index contributed by atoms with van der Waals surface area (Å²) in [7, 11) is 0. The number of alkyl halides is 3. The van der Waals surface area contributed by atoms with E-state index in [1.165, 1.54) is 18.3 Å². The average molecular weight is 382 g/mol. The Balaban J connectivity index is 1.77. The van der Waals surface area contributed by atoms with Crippen LogP contribution in [0, 0.1) is 24.2 Å². The molecule has 0 saturated heterocycles. The molecule has 5 nitrogen and oxygen atoms in total. The van der Waals surface area contributed by atoms with Gasteiger partial charge in [-0.1, -0.05) is 6.92 Å². The van der Waals surface area contributed by atoms with E-state index in [0.29, 0.717) is 16.5 Å². The molecule has 0 unspecified atom stereocenters. The molecular weight excluding hydrogens is 365 g/mol. The Labute approximate surface area is 152 Å². The summed E-state index contributed by atoms with van der Waals surface area (Å²) in [5.74, 6) is 0.0248. The lowest BCUT2D eigenvalue weighted by atomic mass is 9.89. The predicted molar refractivity (Wildman–Crippen MR) is 90.8 cm³/mol. The van der Waals surface area contributed by atoms with Crippen LogP contribution in [-0.2, 0) is 30.4 Å². The first-order valence-electron chi connectivity index (χ1n) is 8.15. The Hall–Kier alpha value is -2.34. The molecule has 2 aromatic heterocycles. The van der Waals surface area contributed by atoms with Gasteiger partial charge in [0.2, 0.25) is 5.91 Å². The highest BCUT2D eigenvalue weighted by Gasteiger charge is 2.34. The maximum absolute atomic E-state index is 12.7. The number of hydrogen-bond donors (Lipinski definition) is 1. The number of hydrogen-bond acceptors (Lipinski definition) is 4. The van der Waals surface area contributed by atoms with Crippen LogP contribution < -0.4 is 5.32 Å². The van der Waals surface area contributed by atoms with E-state index >= 15 is 0 Å².